The minimum atomic E-state index is -1.11. The molecule has 0 saturated carbocycles. The molecule has 0 aliphatic rings. The normalized spacial score (nSPS) is 11.4. The Hall–Kier alpha value is -1.52. The molecule has 1 rings (SSSR count). The van der Waals surface area contributed by atoms with Crippen molar-refractivity contribution in [2.75, 3.05) is 6.61 Å². The van der Waals surface area contributed by atoms with Gasteiger partial charge >= 0.3 is 6.09 Å². The smallest absolute Gasteiger partial charge is 0.432 e. The van der Waals surface area contributed by atoms with Crippen LogP contribution < -0.4 is 4.74 Å². The van der Waals surface area contributed by atoms with Gasteiger partial charge in [0, 0.05) is 12.3 Å². The maximum atomic E-state index is 10.5. The van der Waals surface area contributed by atoms with E-state index in [0.29, 0.717) is 12.5 Å². The van der Waals surface area contributed by atoms with Crippen molar-refractivity contribution in [3.8, 4) is 5.88 Å². The number of carbonyl (C=O) groups is 1. The number of aromatic nitrogens is 2. The maximum Gasteiger partial charge on any atom is 0.432 e. The Morgan fingerprint density at radius 2 is 2.27 bits per heavy atom. The van der Waals surface area contributed by atoms with Crippen LogP contribution in [0.15, 0.2) is 12.3 Å². The molecule has 1 aromatic heterocycles. The van der Waals surface area contributed by atoms with Gasteiger partial charge in [0.05, 0.1) is 6.61 Å². The molecule has 1 aromatic rings. The highest BCUT2D eigenvalue weighted by Crippen LogP contribution is 2.18. The average Bonchev–Trinajstić information content (AvgIpc) is 2.50. The van der Waals surface area contributed by atoms with Crippen molar-refractivity contribution in [3.05, 3.63) is 12.3 Å². The fourth-order valence-electron chi connectivity index (χ4n) is 0.953. The maximum absolute atomic E-state index is 10.5. The van der Waals surface area contributed by atoms with E-state index < -0.39 is 6.09 Å². The van der Waals surface area contributed by atoms with Crippen LogP contribution in [0.2, 0.25) is 0 Å². The van der Waals surface area contributed by atoms with Gasteiger partial charge in [0.25, 0.3) is 0 Å². The van der Waals surface area contributed by atoms with Crippen LogP contribution in [0.3, 0.4) is 0 Å². The second kappa shape index (κ2) is 4.33. The lowest BCUT2D eigenvalue weighted by Gasteiger charge is -2.17. The largest absolute Gasteiger partial charge is 0.477 e. The zero-order valence-electron chi connectivity index (χ0n) is 9.23. The third-order valence-electron chi connectivity index (χ3n) is 1.86. The van der Waals surface area contributed by atoms with Gasteiger partial charge in [-0.1, -0.05) is 20.8 Å². The third-order valence-corrected chi connectivity index (χ3v) is 1.86. The molecule has 0 atom stereocenters. The lowest BCUT2D eigenvalue weighted by atomic mass is 9.93. The van der Waals surface area contributed by atoms with Gasteiger partial charge in [-0.25, -0.2) is 4.79 Å². The summed E-state index contributed by atoms with van der Waals surface area (Å²) < 4.78 is 6.14. The van der Waals surface area contributed by atoms with E-state index in [1.807, 2.05) is 0 Å². The van der Waals surface area contributed by atoms with Gasteiger partial charge in [-0.3, -0.25) is 0 Å². The molecule has 1 N–H and O–H groups in total. The fourth-order valence-corrected chi connectivity index (χ4v) is 0.953. The van der Waals surface area contributed by atoms with E-state index in [9.17, 15) is 4.79 Å². The summed E-state index contributed by atoms with van der Waals surface area (Å²) in [6, 6.07) is 1.54. The van der Waals surface area contributed by atoms with Gasteiger partial charge in [-0.05, 0) is 11.8 Å². The average molecular weight is 212 g/mol. The molecule has 0 unspecified atom stereocenters. The Kier molecular flexibility index (Phi) is 3.34. The van der Waals surface area contributed by atoms with Crippen molar-refractivity contribution in [3.63, 3.8) is 0 Å². The number of hydrogen-bond acceptors (Lipinski definition) is 3. The van der Waals surface area contributed by atoms with Gasteiger partial charge in [0.1, 0.15) is 0 Å². The van der Waals surface area contributed by atoms with E-state index in [-0.39, 0.29) is 5.41 Å². The highest BCUT2D eigenvalue weighted by atomic mass is 16.5. The molecule has 0 aromatic carbocycles. The molecule has 0 saturated heterocycles. The van der Waals surface area contributed by atoms with E-state index in [2.05, 4.69) is 25.9 Å². The Bertz CT molecular complexity index is 339. The van der Waals surface area contributed by atoms with Gasteiger partial charge < -0.3 is 9.84 Å². The second-order valence-corrected chi connectivity index (χ2v) is 4.54. The summed E-state index contributed by atoms with van der Waals surface area (Å²) in [5, 5.41) is 12.3. The SMILES string of the molecule is CC(C)(C)CCOc1ccn(C(=O)O)n1. The molecular weight excluding hydrogens is 196 g/mol. The predicted molar refractivity (Wildman–Crippen MR) is 55.2 cm³/mol. The molecule has 0 fully saturated rings. The van der Waals surface area contributed by atoms with Crippen molar-refractivity contribution in [2.45, 2.75) is 27.2 Å². The highest BCUT2D eigenvalue weighted by Gasteiger charge is 2.11. The van der Waals surface area contributed by atoms with E-state index >= 15 is 0 Å². The molecule has 1 heterocycles. The zero-order chi connectivity index (χ0) is 11.5. The topological polar surface area (TPSA) is 64.3 Å². The first kappa shape index (κ1) is 11.6. The van der Waals surface area contributed by atoms with Crippen molar-refractivity contribution in [1.29, 1.82) is 0 Å². The summed E-state index contributed by atoms with van der Waals surface area (Å²) >= 11 is 0. The van der Waals surface area contributed by atoms with Crippen LogP contribution in [-0.4, -0.2) is 27.6 Å². The summed E-state index contributed by atoms with van der Waals surface area (Å²) in [6.45, 7) is 6.89. The third kappa shape index (κ3) is 4.01. The monoisotopic (exact) mass is 212 g/mol. The zero-order valence-corrected chi connectivity index (χ0v) is 9.23. The highest BCUT2D eigenvalue weighted by molar-refractivity contribution is 5.66. The summed E-state index contributed by atoms with van der Waals surface area (Å²) in [7, 11) is 0. The van der Waals surface area contributed by atoms with Gasteiger partial charge in [0.15, 0.2) is 0 Å². The number of carboxylic acid groups (broad SMARTS) is 1. The van der Waals surface area contributed by atoms with Crippen LogP contribution in [-0.2, 0) is 0 Å². The van der Waals surface area contributed by atoms with Crippen LogP contribution in [0.1, 0.15) is 27.2 Å². The first-order chi connectivity index (χ1) is 6.88. The number of hydrogen-bond donors (Lipinski definition) is 1. The van der Waals surface area contributed by atoms with Gasteiger partial charge in [0.2, 0.25) is 5.88 Å². The van der Waals surface area contributed by atoms with Gasteiger partial charge in [-0.15, -0.1) is 5.10 Å². The molecule has 5 heteroatoms. The fraction of sp³-hybridized carbons (Fsp3) is 0.600. The summed E-state index contributed by atoms with van der Waals surface area (Å²) in [5.41, 5.74) is 0.204. The minimum Gasteiger partial charge on any atom is -0.477 e. The van der Waals surface area contributed by atoms with E-state index in [4.69, 9.17) is 9.84 Å². The summed E-state index contributed by atoms with van der Waals surface area (Å²) in [4.78, 5) is 10.5. The number of rotatable bonds is 3. The molecular formula is C10H16N2O3. The molecule has 0 aliphatic heterocycles. The molecule has 15 heavy (non-hydrogen) atoms. The van der Waals surface area contributed by atoms with E-state index in [0.717, 1.165) is 11.1 Å². The molecule has 0 spiro atoms. The Balaban J connectivity index is 2.41. The standard InChI is InChI=1S/C10H16N2O3/c1-10(2,3)5-7-15-8-4-6-12(11-8)9(13)14/h4,6H,5,7H2,1-3H3,(H,13,14). The van der Waals surface area contributed by atoms with Crippen molar-refractivity contribution in [1.82, 2.24) is 9.78 Å². The predicted octanol–water partition coefficient (Wildman–Crippen LogP) is 2.22. The molecule has 5 nitrogen and oxygen atoms in total. The first-order valence-corrected chi connectivity index (χ1v) is 4.80. The molecule has 0 amide bonds. The van der Waals surface area contributed by atoms with Crippen LogP contribution in [0.25, 0.3) is 0 Å². The van der Waals surface area contributed by atoms with Crippen LogP contribution in [0.5, 0.6) is 5.88 Å². The molecule has 0 radical (unpaired) electrons. The quantitative estimate of drug-likeness (QED) is 0.834. The molecule has 0 aliphatic carbocycles. The Morgan fingerprint density at radius 3 is 2.73 bits per heavy atom. The van der Waals surface area contributed by atoms with Crippen molar-refractivity contribution < 1.29 is 14.6 Å². The Labute approximate surface area is 88.7 Å². The van der Waals surface area contributed by atoms with Crippen molar-refractivity contribution >= 4 is 6.09 Å². The van der Waals surface area contributed by atoms with E-state index in [1.165, 1.54) is 12.3 Å². The van der Waals surface area contributed by atoms with Gasteiger partial charge in [-0.2, -0.15) is 4.68 Å². The Morgan fingerprint density at radius 1 is 1.60 bits per heavy atom. The van der Waals surface area contributed by atoms with E-state index in [1.54, 1.807) is 0 Å². The molecule has 84 valence electrons. The minimum absolute atomic E-state index is 0.204. The lowest BCUT2D eigenvalue weighted by Crippen LogP contribution is -2.12. The number of nitrogens with zero attached hydrogens (tertiary/aromatic N) is 2. The van der Waals surface area contributed by atoms with Crippen molar-refractivity contribution in [2.24, 2.45) is 5.41 Å². The lowest BCUT2D eigenvalue weighted by molar-refractivity contribution is 0.190. The molecule has 0 bridgehead atoms. The summed E-state index contributed by atoms with van der Waals surface area (Å²) in [6.07, 6.45) is 1.14. The van der Waals surface area contributed by atoms with Crippen LogP contribution >= 0.6 is 0 Å². The first-order valence-electron chi connectivity index (χ1n) is 4.80. The number of ether oxygens (including phenoxy) is 1. The second-order valence-electron chi connectivity index (χ2n) is 4.54. The van der Waals surface area contributed by atoms with Crippen LogP contribution in [0.4, 0.5) is 4.79 Å². The summed E-state index contributed by atoms with van der Waals surface area (Å²) in [5.74, 6) is 0.349. The van der Waals surface area contributed by atoms with Crippen LogP contribution in [0, 0.1) is 5.41 Å².